The molecule has 0 rings (SSSR count). The summed E-state index contributed by atoms with van der Waals surface area (Å²) in [5.41, 5.74) is 4.29. The number of rotatable bonds is 6. The first kappa shape index (κ1) is 19.7. The molecular weight excluding hydrogens is 294 g/mol. The first-order valence-corrected chi connectivity index (χ1v) is 6.62. The summed E-state index contributed by atoms with van der Waals surface area (Å²) in [6.45, 7) is 6.43. The highest BCUT2D eigenvalue weighted by atomic mass is 16.6. The number of esters is 1. The summed E-state index contributed by atoms with van der Waals surface area (Å²) in [7, 11) is 1.12. The second-order valence-corrected chi connectivity index (χ2v) is 5.62. The van der Waals surface area contributed by atoms with Gasteiger partial charge in [0.15, 0.2) is 0 Å². The maximum Gasteiger partial charge on any atom is 0.408 e. The standard InChI is InChI=1S/C13H23N3O6/c1-7(15-12(20)22-13(2,3)4)10(18)16-8(6-9(14)17)11(19)21-5/h7-8H,6H2,1-5H3,(H2,14,17)(H,15,20)(H,16,18)/t7?,8-/m0/s1. The van der Waals surface area contributed by atoms with Crippen molar-refractivity contribution < 1.29 is 28.7 Å². The molecule has 0 heterocycles. The molecule has 0 aliphatic heterocycles. The summed E-state index contributed by atoms with van der Waals surface area (Å²) in [6, 6.07) is -2.19. The number of hydrogen-bond acceptors (Lipinski definition) is 6. The molecule has 0 aromatic rings. The van der Waals surface area contributed by atoms with Crippen molar-refractivity contribution in [1.82, 2.24) is 10.6 Å². The van der Waals surface area contributed by atoms with Crippen molar-refractivity contribution in [3.63, 3.8) is 0 Å². The maximum absolute atomic E-state index is 11.9. The Labute approximate surface area is 128 Å². The zero-order chi connectivity index (χ0) is 17.5. The first-order chi connectivity index (χ1) is 9.96. The highest BCUT2D eigenvalue weighted by Gasteiger charge is 2.27. The second-order valence-electron chi connectivity index (χ2n) is 5.62. The van der Waals surface area contributed by atoms with Gasteiger partial charge in [0, 0.05) is 0 Å². The van der Waals surface area contributed by atoms with Crippen molar-refractivity contribution in [3.05, 3.63) is 0 Å². The van der Waals surface area contributed by atoms with E-state index in [-0.39, 0.29) is 0 Å². The molecule has 9 nitrogen and oxygen atoms in total. The summed E-state index contributed by atoms with van der Waals surface area (Å²) in [5.74, 6) is -2.26. The van der Waals surface area contributed by atoms with Crippen LogP contribution < -0.4 is 16.4 Å². The van der Waals surface area contributed by atoms with Crippen LogP contribution in [0.25, 0.3) is 0 Å². The molecule has 0 spiro atoms. The minimum atomic E-state index is -1.21. The maximum atomic E-state index is 11.9. The van der Waals surface area contributed by atoms with Crippen LogP contribution in [0, 0.1) is 0 Å². The quantitative estimate of drug-likeness (QED) is 0.561. The summed E-state index contributed by atoms with van der Waals surface area (Å²) in [4.78, 5) is 45.8. The second kappa shape index (κ2) is 8.20. The molecule has 0 aromatic carbocycles. The van der Waals surface area contributed by atoms with Gasteiger partial charge in [0.1, 0.15) is 17.7 Å². The van der Waals surface area contributed by atoms with Gasteiger partial charge in [0.05, 0.1) is 13.5 Å². The number of ether oxygens (including phenoxy) is 2. The minimum Gasteiger partial charge on any atom is -0.467 e. The van der Waals surface area contributed by atoms with Crippen LogP contribution in [0.1, 0.15) is 34.1 Å². The monoisotopic (exact) mass is 317 g/mol. The molecule has 0 bridgehead atoms. The van der Waals surface area contributed by atoms with Gasteiger partial charge in [-0.15, -0.1) is 0 Å². The molecule has 0 radical (unpaired) electrons. The number of nitrogens with two attached hydrogens (primary N) is 1. The van der Waals surface area contributed by atoms with Crippen LogP contribution in [0.5, 0.6) is 0 Å². The minimum absolute atomic E-state index is 0.405. The Bertz CT molecular complexity index is 444. The van der Waals surface area contributed by atoms with E-state index >= 15 is 0 Å². The van der Waals surface area contributed by atoms with E-state index in [2.05, 4.69) is 15.4 Å². The molecular formula is C13H23N3O6. The van der Waals surface area contributed by atoms with Crippen molar-refractivity contribution in [2.75, 3.05) is 7.11 Å². The highest BCUT2D eigenvalue weighted by molar-refractivity contribution is 5.91. The van der Waals surface area contributed by atoms with Crippen LogP contribution in [-0.2, 0) is 23.9 Å². The lowest BCUT2D eigenvalue weighted by Crippen LogP contribution is -2.52. The fraction of sp³-hybridized carbons (Fsp3) is 0.692. The summed E-state index contributed by atoms with van der Waals surface area (Å²) >= 11 is 0. The molecule has 0 fully saturated rings. The molecule has 0 aliphatic rings. The Morgan fingerprint density at radius 1 is 1.14 bits per heavy atom. The van der Waals surface area contributed by atoms with Gasteiger partial charge in [-0.2, -0.15) is 0 Å². The number of carbonyl (C=O) groups excluding carboxylic acids is 4. The molecule has 1 unspecified atom stereocenters. The number of methoxy groups -OCH3 is 1. The topological polar surface area (TPSA) is 137 Å². The molecule has 9 heteroatoms. The van der Waals surface area contributed by atoms with E-state index in [4.69, 9.17) is 10.5 Å². The summed E-state index contributed by atoms with van der Waals surface area (Å²) in [5, 5.41) is 4.59. The highest BCUT2D eigenvalue weighted by Crippen LogP contribution is 2.06. The van der Waals surface area contributed by atoms with Crippen LogP contribution >= 0.6 is 0 Å². The van der Waals surface area contributed by atoms with E-state index in [0.717, 1.165) is 7.11 Å². The molecule has 0 saturated carbocycles. The van der Waals surface area contributed by atoms with Gasteiger partial charge in [-0.25, -0.2) is 9.59 Å². The lowest BCUT2D eigenvalue weighted by molar-refractivity contribution is -0.146. The molecule has 126 valence electrons. The molecule has 0 aromatic heterocycles. The van der Waals surface area contributed by atoms with Gasteiger partial charge in [-0.3, -0.25) is 9.59 Å². The van der Waals surface area contributed by atoms with Crippen LogP contribution in [0.3, 0.4) is 0 Å². The molecule has 4 N–H and O–H groups in total. The summed E-state index contributed by atoms with van der Waals surface area (Å²) in [6.07, 6.45) is -1.18. The van der Waals surface area contributed by atoms with Gasteiger partial charge in [-0.1, -0.05) is 0 Å². The van der Waals surface area contributed by atoms with E-state index in [0.29, 0.717) is 0 Å². The smallest absolute Gasteiger partial charge is 0.408 e. The van der Waals surface area contributed by atoms with Crippen molar-refractivity contribution in [2.45, 2.75) is 51.8 Å². The zero-order valence-electron chi connectivity index (χ0n) is 13.4. The number of amides is 3. The lowest BCUT2D eigenvalue weighted by atomic mass is 10.2. The fourth-order valence-corrected chi connectivity index (χ4v) is 1.38. The Balaban J connectivity index is 4.63. The number of nitrogens with one attached hydrogen (secondary N) is 2. The van der Waals surface area contributed by atoms with Crippen LogP contribution in [0.4, 0.5) is 4.79 Å². The summed E-state index contributed by atoms with van der Waals surface area (Å²) < 4.78 is 9.47. The number of alkyl carbamates (subject to hydrolysis) is 1. The molecule has 0 saturated heterocycles. The Morgan fingerprint density at radius 3 is 2.09 bits per heavy atom. The van der Waals surface area contributed by atoms with Crippen molar-refractivity contribution in [3.8, 4) is 0 Å². The average Bonchev–Trinajstić information content (AvgIpc) is 2.33. The first-order valence-electron chi connectivity index (χ1n) is 6.62. The van der Waals surface area contributed by atoms with Crippen LogP contribution in [-0.4, -0.2) is 48.7 Å². The normalized spacial score (nSPS) is 13.5. The fourth-order valence-electron chi connectivity index (χ4n) is 1.38. The number of hydrogen-bond donors (Lipinski definition) is 3. The van der Waals surface area contributed by atoms with Crippen molar-refractivity contribution >= 4 is 23.9 Å². The van der Waals surface area contributed by atoms with Crippen LogP contribution in [0.15, 0.2) is 0 Å². The largest absolute Gasteiger partial charge is 0.467 e. The van der Waals surface area contributed by atoms with Gasteiger partial charge in [0.25, 0.3) is 0 Å². The molecule has 2 atom stereocenters. The van der Waals surface area contributed by atoms with Gasteiger partial charge >= 0.3 is 12.1 Å². The van der Waals surface area contributed by atoms with Gasteiger partial charge < -0.3 is 25.8 Å². The number of carbonyl (C=O) groups is 4. The van der Waals surface area contributed by atoms with E-state index in [9.17, 15) is 19.2 Å². The SMILES string of the molecule is COC(=O)[C@H](CC(N)=O)NC(=O)C(C)NC(=O)OC(C)(C)C. The molecule has 3 amide bonds. The van der Waals surface area contributed by atoms with Crippen molar-refractivity contribution in [1.29, 1.82) is 0 Å². The van der Waals surface area contributed by atoms with E-state index in [1.165, 1.54) is 6.92 Å². The van der Waals surface area contributed by atoms with Crippen molar-refractivity contribution in [2.24, 2.45) is 5.73 Å². The predicted molar refractivity (Wildman–Crippen MR) is 76.6 cm³/mol. The van der Waals surface area contributed by atoms with E-state index in [1.807, 2.05) is 0 Å². The number of primary amides is 1. The third-order valence-electron chi connectivity index (χ3n) is 2.33. The van der Waals surface area contributed by atoms with E-state index in [1.54, 1.807) is 20.8 Å². The average molecular weight is 317 g/mol. The van der Waals surface area contributed by atoms with Gasteiger partial charge in [0.2, 0.25) is 11.8 Å². The Morgan fingerprint density at radius 2 is 1.68 bits per heavy atom. The van der Waals surface area contributed by atoms with Gasteiger partial charge in [-0.05, 0) is 27.7 Å². The van der Waals surface area contributed by atoms with Crippen LogP contribution in [0.2, 0.25) is 0 Å². The van der Waals surface area contributed by atoms with E-state index < -0.39 is 48.0 Å². The Kier molecular flexibility index (Phi) is 7.34. The lowest BCUT2D eigenvalue weighted by Gasteiger charge is -2.22. The third-order valence-corrected chi connectivity index (χ3v) is 2.33. The molecule has 22 heavy (non-hydrogen) atoms. The molecule has 0 aliphatic carbocycles. The Hall–Kier alpha value is -2.32. The predicted octanol–water partition coefficient (Wildman–Crippen LogP) is -0.567. The zero-order valence-corrected chi connectivity index (χ0v) is 13.4. The third kappa shape index (κ3) is 8.08.